The maximum absolute atomic E-state index is 13.7. The van der Waals surface area contributed by atoms with E-state index in [0.717, 1.165) is 45.1 Å². The number of thioether (sulfide) groups is 1. The van der Waals surface area contributed by atoms with Crippen molar-refractivity contribution in [2.24, 2.45) is 0 Å². The van der Waals surface area contributed by atoms with E-state index in [1.54, 1.807) is 0 Å². The van der Waals surface area contributed by atoms with E-state index in [-0.39, 0.29) is 5.78 Å². The van der Waals surface area contributed by atoms with Gasteiger partial charge in [0.2, 0.25) is 0 Å². The molecule has 0 N–H and O–H groups in total. The third-order valence-electron chi connectivity index (χ3n) is 5.20. The zero-order chi connectivity index (χ0) is 18.9. The first-order chi connectivity index (χ1) is 13.8. The molecule has 136 valence electrons. The third-order valence-corrected chi connectivity index (χ3v) is 6.12. The van der Waals surface area contributed by atoms with Gasteiger partial charge >= 0.3 is 0 Å². The Morgan fingerprint density at radius 3 is 1.96 bits per heavy atom. The highest BCUT2D eigenvalue weighted by Crippen LogP contribution is 2.44. The van der Waals surface area contributed by atoms with Crippen LogP contribution in [0.3, 0.4) is 0 Å². The van der Waals surface area contributed by atoms with E-state index >= 15 is 0 Å². The Labute approximate surface area is 168 Å². The second-order valence-corrected chi connectivity index (χ2v) is 7.83. The molecule has 2 nitrogen and oxygen atoms in total. The molecule has 28 heavy (non-hydrogen) atoms. The van der Waals surface area contributed by atoms with Crippen molar-refractivity contribution in [3.8, 4) is 22.4 Å². The standard InChI is InChI=1S/C25H19NOS/c27-25(20-14-8-3-9-15-20)23-22(18-10-4-1-5-11-18)21-16-28-17-26(21)24(23)19-12-6-2-7-13-19/h1-15H,16-17H2. The zero-order valence-electron chi connectivity index (χ0n) is 15.3. The second-order valence-electron chi connectivity index (χ2n) is 6.88. The van der Waals surface area contributed by atoms with E-state index in [1.165, 1.54) is 5.69 Å². The normalized spacial score (nSPS) is 12.7. The molecular weight excluding hydrogens is 362 g/mol. The number of benzene rings is 3. The lowest BCUT2D eigenvalue weighted by molar-refractivity contribution is 0.104. The summed E-state index contributed by atoms with van der Waals surface area (Å²) in [7, 11) is 0. The van der Waals surface area contributed by atoms with E-state index in [0.29, 0.717) is 0 Å². The Balaban J connectivity index is 1.84. The van der Waals surface area contributed by atoms with E-state index in [4.69, 9.17) is 0 Å². The van der Waals surface area contributed by atoms with Crippen LogP contribution in [0.5, 0.6) is 0 Å². The molecule has 4 aromatic rings. The van der Waals surface area contributed by atoms with Crippen molar-refractivity contribution in [2.45, 2.75) is 11.6 Å². The number of nitrogens with zero attached hydrogens (tertiary/aromatic N) is 1. The van der Waals surface area contributed by atoms with Crippen LogP contribution < -0.4 is 0 Å². The van der Waals surface area contributed by atoms with Gasteiger partial charge in [0, 0.05) is 22.6 Å². The molecule has 0 radical (unpaired) electrons. The fourth-order valence-electron chi connectivity index (χ4n) is 3.96. The van der Waals surface area contributed by atoms with Crippen LogP contribution in [-0.4, -0.2) is 10.4 Å². The Morgan fingerprint density at radius 2 is 1.32 bits per heavy atom. The fraction of sp³-hybridized carbons (Fsp3) is 0.0800. The minimum atomic E-state index is 0.0882. The van der Waals surface area contributed by atoms with Crippen molar-refractivity contribution in [2.75, 3.05) is 0 Å². The average Bonchev–Trinajstić information content (AvgIpc) is 3.35. The molecule has 0 saturated heterocycles. The summed E-state index contributed by atoms with van der Waals surface area (Å²) < 4.78 is 2.33. The van der Waals surface area contributed by atoms with Gasteiger partial charge in [0.05, 0.1) is 17.1 Å². The number of hydrogen-bond acceptors (Lipinski definition) is 2. The summed E-state index contributed by atoms with van der Waals surface area (Å²) in [5, 5.41) is 0. The molecule has 0 fully saturated rings. The van der Waals surface area contributed by atoms with E-state index in [2.05, 4.69) is 28.8 Å². The smallest absolute Gasteiger partial charge is 0.195 e. The van der Waals surface area contributed by atoms with Gasteiger partial charge in [-0.15, -0.1) is 11.8 Å². The number of rotatable bonds is 4. The predicted molar refractivity (Wildman–Crippen MR) is 116 cm³/mol. The molecule has 1 aromatic heterocycles. The van der Waals surface area contributed by atoms with Crippen molar-refractivity contribution in [1.82, 2.24) is 4.57 Å². The first-order valence-corrected chi connectivity index (χ1v) is 10.5. The minimum Gasteiger partial charge on any atom is -0.333 e. The van der Waals surface area contributed by atoms with Gasteiger partial charge in [0.15, 0.2) is 5.78 Å². The fourth-order valence-corrected chi connectivity index (χ4v) is 5.01. The highest BCUT2D eigenvalue weighted by molar-refractivity contribution is 7.97. The lowest BCUT2D eigenvalue weighted by Crippen LogP contribution is -2.05. The molecule has 0 spiro atoms. The van der Waals surface area contributed by atoms with E-state index < -0.39 is 0 Å². The SMILES string of the molecule is O=C(c1ccccc1)c1c(-c2ccccc2)c2n(c1-c1ccccc1)CSC2. The highest BCUT2D eigenvalue weighted by Gasteiger charge is 2.31. The molecule has 3 heteroatoms. The topological polar surface area (TPSA) is 22.0 Å². The lowest BCUT2D eigenvalue weighted by atomic mass is 9.92. The predicted octanol–water partition coefficient (Wildman–Crippen LogP) is 6.26. The lowest BCUT2D eigenvalue weighted by Gasteiger charge is -2.11. The first-order valence-electron chi connectivity index (χ1n) is 9.38. The van der Waals surface area contributed by atoms with Crippen LogP contribution >= 0.6 is 11.8 Å². The van der Waals surface area contributed by atoms with E-state index in [1.807, 2.05) is 78.5 Å². The number of fused-ring (bicyclic) bond motifs is 1. The Morgan fingerprint density at radius 1 is 0.750 bits per heavy atom. The molecule has 0 saturated carbocycles. The molecule has 0 unspecified atom stereocenters. The minimum absolute atomic E-state index is 0.0882. The number of carbonyl (C=O) groups excluding carboxylic acids is 1. The van der Waals surface area contributed by atoms with Gasteiger partial charge in [-0.3, -0.25) is 4.79 Å². The highest BCUT2D eigenvalue weighted by atomic mass is 32.2. The quantitative estimate of drug-likeness (QED) is 0.389. The average molecular weight is 382 g/mol. The van der Waals surface area contributed by atoms with Crippen molar-refractivity contribution in [1.29, 1.82) is 0 Å². The van der Waals surface area contributed by atoms with Crippen molar-refractivity contribution in [3.63, 3.8) is 0 Å². The second kappa shape index (κ2) is 7.17. The third kappa shape index (κ3) is 2.79. The molecule has 0 atom stereocenters. The maximum atomic E-state index is 13.7. The summed E-state index contributed by atoms with van der Waals surface area (Å²) in [6, 6.07) is 30.2. The number of carbonyl (C=O) groups is 1. The van der Waals surface area contributed by atoms with Crippen LogP contribution in [0.25, 0.3) is 22.4 Å². The molecule has 3 aromatic carbocycles. The Bertz CT molecular complexity index is 1070. The van der Waals surface area contributed by atoms with Gasteiger partial charge in [-0.05, 0) is 11.1 Å². The van der Waals surface area contributed by atoms with Gasteiger partial charge in [0.1, 0.15) is 0 Å². The molecular formula is C25H19NOS. The maximum Gasteiger partial charge on any atom is 0.195 e. The molecule has 0 aliphatic carbocycles. The van der Waals surface area contributed by atoms with E-state index in [9.17, 15) is 4.79 Å². The Hall–Kier alpha value is -3.04. The molecule has 1 aliphatic rings. The summed E-state index contributed by atoms with van der Waals surface area (Å²) in [6.45, 7) is 0. The monoisotopic (exact) mass is 381 g/mol. The molecule has 2 heterocycles. The van der Waals surface area contributed by atoms with Gasteiger partial charge < -0.3 is 4.57 Å². The summed E-state index contributed by atoms with van der Waals surface area (Å²) in [5.74, 6) is 1.89. The molecule has 0 amide bonds. The summed E-state index contributed by atoms with van der Waals surface area (Å²) in [4.78, 5) is 13.7. The van der Waals surface area contributed by atoms with Crippen molar-refractivity contribution in [3.05, 3.63) is 108 Å². The summed E-state index contributed by atoms with van der Waals surface area (Å²) in [5.41, 5.74) is 7.11. The van der Waals surface area contributed by atoms with Crippen LogP contribution in [0, 0.1) is 0 Å². The van der Waals surface area contributed by atoms with Gasteiger partial charge in [-0.2, -0.15) is 0 Å². The van der Waals surface area contributed by atoms with Crippen LogP contribution in [0.1, 0.15) is 21.6 Å². The number of aromatic nitrogens is 1. The molecule has 1 aliphatic heterocycles. The summed E-state index contributed by atoms with van der Waals surface area (Å²) in [6.07, 6.45) is 0. The van der Waals surface area contributed by atoms with Crippen LogP contribution in [0.2, 0.25) is 0 Å². The number of hydrogen-bond donors (Lipinski definition) is 0. The number of ketones is 1. The van der Waals surface area contributed by atoms with Crippen LogP contribution in [-0.2, 0) is 11.6 Å². The van der Waals surface area contributed by atoms with Gasteiger partial charge in [-0.25, -0.2) is 0 Å². The first kappa shape index (κ1) is 17.1. The van der Waals surface area contributed by atoms with Crippen LogP contribution in [0.15, 0.2) is 91.0 Å². The van der Waals surface area contributed by atoms with Crippen molar-refractivity contribution < 1.29 is 4.79 Å². The largest absolute Gasteiger partial charge is 0.333 e. The van der Waals surface area contributed by atoms with Crippen LogP contribution in [0.4, 0.5) is 0 Å². The zero-order valence-corrected chi connectivity index (χ0v) is 16.2. The van der Waals surface area contributed by atoms with Gasteiger partial charge in [0.25, 0.3) is 0 Å². The summed E-state index contributed by atoms with van der Waals surface area (Å²) >= 11 is 1.90. The Kier molecular flexibility index (Phi) is 4.38. The molecule has 0 bridgehead atoms. The van der Waals surface area contributed by atoms with Gasteiger partial charge in [-0.1, -0.05) is 91.0 Å². The molecule has 5 rings (SSSR count). The van der Waals surface area contributed by atoms with Crippen molar-refractivity contribution >= 4 is 17.5 Å².